The summed E-state index contributed by atoms with van der Waals surface area (Å²) in [4.78, 5) is 11.9. The summed E-state index contributed by atoms with van der Waals surface area (Å²) in [5.74, 6) is 0.566. The summed E-state index contributed by atoms with van der Waals surface area (Å²) in [6.07, 6.45) is 3.84. The van der Waals surface area contributed by atoms with Crippen molar-refractivity contribution in [3.8, 4) is 0 Å². The van der Waals surface area contributed by atoms with Crippen LogP contribution in [0.1, 0.15) is 46.2 Å². The lowest BCUT2D eigenvalue weighted by atomic mass is 10.2. The Morgan fingerprint density at radius 2 is 2.23 bits per heavy atom. The van der Waals surface area contributed by atoms with E-state index in [1.807, 2.05) is 37.7 Å². The second-order valence-corrected chi connectivity index (χ2v) is 6.86. The fourth-order valence-corrected chi connectivity index (χ4v) is 2.44. The van der Waals surface area contributed by atoms with Gasteiger partial charge in [0.1, 0.15) is 5.60 Å². The Kier molecular flexibility index (Phi) is 5.45. The van der Waals surface area contributed by atoms with Crippen LogP contribution in [0.5, 0.6) is 0 Å². The van der Waals surface area contributed by atoms with E-state index in [0.29, 0.717) is 5.92 Å². The first-order valence-electron chi connectivity index (χ1n) is 8.10. The monoisotopic (exact) mass is 308 g/mol. The highest BCUT2D eigenvalue weighted by molar-refractivity contribution is 5.68. The van der Waals surface area contributed by atoms with Crippen LogP contribution >= 0.6 is 0 Å². The number of ether oxygens (including phenoxy) is 1. The van der Waals surface area contributed by atoms with Crippen LogP contribution in [0.25, 0.3) is 0 Å². The van der Waals surface area contributed by atoms with Crippen molar-refractivity contribution >= 4 is 6.09 Å². The Hall–Kier alpha value is -1.56. The number of nitrogens with one attached hydrogen (secondary N) is 2. The van der Waals surface area contributed by atoms with Crippen molar-refractivity contribution in [1.82, 2.24) is 20.4 Å². The molecule has 6 nitrogen and oxygen atoms in total. The van der Waals surface area contributed by atoms with E-state index in [4.69, 9.17) is 4.74 Å². The van der Waals surface area contributed by atoms with E-state index in [1.54, 1.807) is 0 Å². The number of aryl methyl sites for hydroxylation is 1. The number of carbonyl (C=O) groups is 1. The van der Waals surface area contributed by atoms with Gasteiger partial charge in [0.15, 0.2) is 0 Å². The number of nitrogens with zero attached hydrogens (tertiary/aromatic N) is 2. The highest BCUT2D eigenvalue weighted by atomic mass is 16.6. The molecule has 0 saturated heterocycles. The summed E-state index contributed by atoms with van der Waals surface area (Å²) in [6.45, 7) is 10.1. The molecule has 1 heterocycles. The van der Waals surface area contributed by atoms with Crippen molar-refractivity contribution in [2.24, 2.45) is 5.92 Å². The second-order valence-electron chi connectivity index (χ2n) is 6.86. The predicted octanol–water partition coefficient (Wildman–Crippen LogP) is 2.30. The maximum absolute atomic E-state index is 11.9. The third-order valence-electron chi connectivity index (χ3n) is 3.67. The van der Waals surface area contributed by atoms with Gasteiger partial charge in [-0.05, 0) is 52.5 Å². The normalized spacial score (nSPS) is 16.4. The van der Waals surface area contributed by atoms with E-state index in [9.17, 15) is 4.79 Å². The molecule has 1 amide bonds. The van der Waals surface area contributed by atoms with Gasteiger partial charge in [-0.2, -0.15) is 5.10 Å². The van der Waals surface area contributed by atoms with Gasteiger partial charge in [-0.3, -0.25) is 4.68 Å². The number of amides is 1. The molecule has 1 aromatic heterocycles. The van der Waals surface area contributed by atoms with Gasteiger partial charge >= 0.3 is 6.09 Å². The minimum atomic E-state index is -0.459. The smallest absolute Gasteiger partial charge is 0.407 e. The van der Waals surface area contributed by atoms with E-state index in [-0.39, 0.29) is 12.1 Å². The first-order chi connectivity index (χ1) is 10.4. The lowest BCUT2D eigenvalue weighted by Crippen LogP contribution is -2.45. The zero-order valence-electron chi connectivity index (χ0n) is 14.1. The Labute approximate surface area is 132 Å². The third kappa shape index (κ3) is 5.33. The summed E-state index contributed by atoms with van der Waals surface area (Å²) >= 11 is 0. The van der Waals surface area contributed by atoms with Gasteiger partial charge in [0, 0.05) is 31.9 Å². The van der Waals surface area contributed by atoms with Crippen LogP contribution in [-0.2, 0) is 17.8 Å². The molecule has 6 heteroatoms. The first-order valence-corrected chi connectivity index (χ1v) is 8.10. The van der Waals surface area contributed by atoms with Crippen LogP contribution < -0.4 is 10.6 Å². The van der Waals surface area contributed by atoms with E-state index >= 15 is 0 Å². The summed E-state index contributed by atoms with van der Waals surface area (Å²) in [5, 5.41) is 10.7. The highest BCUT2D eigenvalue weighted by Crippen LogP contribution is 2.32. The molecule has 1 aliphatic rings. The summed E-state index contributed by atoms with van der Waals surface area (Å²) < 4.78 is 7.32. The molecule has 2 rings (SSSR count). The molecule has 0 aromatic carbocycles. The van der Waals surface area contributed by atoms with Crippen LogP contribution in [0.15, 0.2) is 12.3 Å². The standard InChI is InChI=1S/C16H28N4O2/c1-5-20-13(8-9-18-20)10-17-11-14(12-6-7-12)19-15(21)22-16(2,3)4/h8-9,12,14,17H,5-7,10-11H2,1-4H3,(H,19,21). The molecule has 124 valence electrons. The number of alkyl carbamates (subject to hydrolysis) is 1. The molecule has 22 heavy (non-hydrogen) atoms. The molecule has 1 saturated carbocycles. The van der Waals surface area contributed by atoms with Gasteiger partial charge in [0.25, 0.3) is 0 Å². The number of hydrogen-bond acceptors (Lipinski definition) is 4. The Morgan fingerprint density at radius 1 is 1.50 bits per heavy atom. The lowest BCUT2D eigenvalue weighted by molar-refractivity contribution is 0.0497. The molecule has 1 unspecified atom stereocenters. The third-order valence-corrected chi connectivity index (χ3v) is 3.67. The number of rotatable bonds is 7. The van der Waals surface area contributed by atoms with Crippen molar-refractivity contribution in [2.45, 2.75) is 65.3 Å². The quantitative estimate of drug-likeness (QED) is 0.811. The summed E-state index contributed by atoms with van der Waals surface area (Å²) in [6, 6.07) is 2.15. The molecule has 0 radical (unpaired) electrons. The predicted molar refractivity (Wildman–Crippen MR) is 85.5 cm³/mol. The first kappa shape index (κ1) is 16.8. The summed E-state index contributed by atoms with van der Waals surface area (Å²) in [5.41, 5.74) is 0.702. The highest BCUT2D eigenvalue weighted by Gasteiger charge is 2.33. The fraction of sp³-hybridized carbons (Fsp3) is 0.750. The molecule has 1 aromatic rings. The second kappa shape index (κ2) is 7.13. The SMILES string of the molecule is CCn1nccc1CNCC(NC(=O)OC(C)(C)C)C1CC1. The Balaban J connectivity index is 1.79. The zero-order valence-corrected chi connectivity index (χ0v) is 14.1. The molecule has 2 N–H and O–H groups in total. The maximum Gasteiger partial charge on any atom is 0.407 e. The molecular weight excluding hydrogens is 280 g/mol. The van der Waals surface area contributed by atoms with Crippen molar-refractivity contribution in [3.63, 3.8) is 0 Å². The lowest BCUT2D eigenvalue weighted by Gasteiger charge is -2.24. The minimum absolute atomic E-state index is 0.132. The number of carbonyl (C=O) groups excluding carboxylic acids is 1. The largest absolute Gasteiger partial charge is 0.444 e. The molecule has 0 bridgehead atoms. The molecule has 0 spiro atoms. The van der Waals surface area contributed by atoms with Crippen molar-refractivity contribution < 1.29 is 9.53 Å². The average Bonchev–Trinajstić information content (AvgIpc) is 3.15. The van der Waals surface area contributed by atoms with Crippen molar-refractivity contribution in [3.05, 3.63) is 18.0 Å². The topological polar surface area (TPSA) is 68.2 Å². The minimum Gasteiger partial charge on any atom is -0.444 e. The van der Waals surface area contributed by atoms with Crippen LogP contribution in [0, 0.1) is 5.92 Å². The van der Waals surface area contributed by atoms with Crippen LogP contribution in [0.3, 0.4) is 0 Å². The van der Waals surface area contributed by atoms with Crippen LogP contribution in [0.2, 0.25) is 0 Å². The molecule has 0 aliphatic heterocycles. The Morgan fingerprint density at radius 3 is 2.82 bits per heavy atom. The van der Waals surface area contributed by atoms with Crippen molar-refractivity contribution in [1.29, 1.82) is 0 Å². The number of aromatic nitrogens is 2. The van der Waals surface area contributed by atoms with Gasteiger partial charge in [0.2, 0.25) is 0 Å². The molecule has 1 atom stereocenters. The van der Waals surface area contributed by atoms with Gasteiger partial charge in [-0.15, -0.1) is 0 Å². The average molecular weight is 308 g/mol. The van der Waals surface area contributed by atoms with E-state index in [0.717, 1.165) is 25.3 Å². The van der Waals surface area contributed by atoms with Crippen molar-refractivity contribution in [2.75, 3.05) is 6.54 Å². The van der Waals surface area contributed by atoms with Gasteiger partial charge < -0.3 is 15.4 Å². The van der Waals surface area contributed by atoms with Gasteiger partial charge in [0.05, 0.1) is 5.69 Å². The van der Waals surface area contributed by atoms with E-state index < -0.39 is 5.60 Å². The Bertz CT molecular complexity index is 489. The molecule has 1 fully saturated rings. The zero-order chi connectivity index (χ0) is 16.2. The van der Waals surface area contributed by atoms with E-state index in [2.05, 4.69) is 22.7 Å². The van der Waals surface area contributed by atoms with E-state index in [1.165, 1.54) is 12.8 Å². The van der Waals surface area contributed by atoms with Crippen LogP contribution in [-0.4, -0.2) is 34.1 Å². The fourth-order valence-electron chi connectivity index (χ4n) is 2.44. The molecular formula is C16H28N4O2. The van der Waals surface area contributed by atoms with Crippen LogP contribution in [0.4, 0.5) is 4.79 Å². The maximum atomic E-state index is 11.9. The molecule has 1 aliphatic carbocycles. The van der Waals surface area contributed by atoms with Gasteiger partial charge in [-0.25, -0.2) is 4.79 Å². The van der Waals surface area contributed by atoms with Gasteiger partial charge in [-0.1, -0.05) is 0 Å². The number of hydrogen-bond donors (Lipinski definition) is 2. The summed E-state index contributed by atoms with van der Waals surface area (Å²) in [7, 11) is 0.